The number of hydrogen-bond donors (Lipinski definition) is 0. The first kappa shape index (κ1) is 8.28. The van der Waals surface area contributed by atoms with E-state index in [9.17, 15) is 19.4 Å². The van der Waals surface area contributed by atoms with Crippen LogP contribution in [0.2, 0.25) is 0 Å². The molecule has 6 heteroatoms. The van der Waals surface area contributed by atoms with Gasteiger partial charge in [0.25, 0.3) is 0 Å². The van der Waals surface area contributed by atoms with Gasteiger partial charge in [0.05, 0.1) is 0 Å². The molecule has 0 bridgehead atoms. The third-order valence-corrected chi connectivity index (χ3v) is 0.548. The van der Waals surface area contributed by atoms with Crippen LogP contribution in [0.3, 0.4) is 0 Å². The normalized spacial score (nSPS) is 9.20. The van der Waals surface area contributed by atoms with Gasteiger partial charge in [-0.2, -0.15) is 0 Å². The van der Waals surface area contributed by atoms with Gasteiger partial charge in [-0.25, -0.2) is 0 Å². The average molecular weight is 142 g/mol. The minimum absolute atomic E-state index is 0.566. The zero-order chi connectivity index (χ0) is 7.98. The average Bonchev–Trinajstić information content (AvgIpc) is 1.99. The summed E-state index contributed by atoms with van der Waals surface area (Å²) in [5, 5.41) is 3.85. The molecule has 0 aliphatic heterocycles. The van der Waals surface area contributed by atoms with Crippen molar-refractivity contribution in [2.45, 2.75) is 0 Å². The van der Waals surface area contributed by atoms with E-state index in [1.807, 2.05) is 10.4 Å². The molecule has 0 saturated heterocycles. The van der Waals surface area contributed by atoms with Crippen molar-refractivity contribution in [1.82, 2.24) is 0 Å². The SMILES string of the molecule is O=NC(=O)/C=C/C(=O)N=O. The summed E-state index contributed by atoms with van der Waals surface area (Å²) < 4.78 is 0. The van der Waals surface area contributed by atoms with Crippen LogP contribution >= 0.6 is 0 Å². The zero-order valence-electron chi connectivity index (χ0n) is 4.68. The Morgan fingerprint density at radius 3 is 1.40 bits per heavy atom. The molecule has 0 atom stereocenters. The van der Waals surface area contributed by atoms with Crippen molar-refractivity contribution in [3.63, 3.8) is 0 Å². The molecule has 0 rings (SSSR count). The topological polar surface area (TPSA) is 93.0 Å². The Labute approximate surface area is 54.9 Å². The van der Waals surface area contributed by atoms with E-state index in [1.165, 1.54) is 0 Å². The smallest absolute Gasteiger partial charge is 0.264 e. The lowest BCUT2D eigenvalue weighted by molar-refractivity contribution is -0.115. The van der Waals surface area contributed by atoms with Crippen LogP contribution in [0.4, 0.5) is 0 Å². The molecule has 0 N–H and O–H groups in total. The fourth-order valence-electron chi connectivity index (χ4n) is 0.203. The summed E-state index contributed by atoms with van der Waals surface area (Å²) in [7, 11) is 0. The van der Waals surface area contributed by atoms with Crippen LogP contribution in [-0.4, -0.2) is 11.8 Å². The maximum atomic E-state index is 9.97. The van der Waals surface area contributed by atoms with Crippen LogP contribution in [0.25, 0.3) is 0 Å². The second-order valence-corrected chi connectivity index (χ2v) is 1.19. The highest BCUT2D eigenvalue weighted by Crippen LogP contribution is 1.80. The monoisotopic (exact) mass is 142 g/mol. The van der Waals surface area contributed by atoms with Crippen LogP contribution in [0, 0.1) is 9.81 Å². The number of carbonyl (C=O) groups is 2. The van der Waals surface area contributed by atoms with Gasteiger partial charge in [-0.05, 0) is 0 Å². The molecule has 0 saturated carbocycles. The molecule has 0 spiro atoms. The van der Waals surface area contributed by atoms with E-state index >= 15 is 0 Å². The summed E-state index contributed by atoms with van der Waals surface area (Å²) in [6, 6.07) is 0. The fraction of sp³-hybridized carbons (Fsp3) is 0. The summed E-state index contributed by atoms with van der Waals surface area (Å²) in [5.74, 6) is -2.26. The Morgan fingerprint density at radius 2 is 1.20 bits per heavy atom. The van der Waals surface area contributed by atoms with E-state index in [0.717, 1.165) is 0 Å². The lowest BCUT2D eigenvalue weighted by Crippen LogP contribution is -1.88. The Bertz CT molecular complexity index is 185. The zero-order valence-corrected chi connectivity index (χ0v) is 4.68. The molecule has 0 radical (unpaired) electrons. The second kappa shape index (κ2) is 4.19. The first-order valence-corrected chi connectivity index (χ1v) is 2.13. The van der Waals surface area contributed by atoms with E-state index in [-0.39, 0.29) is 0 Å². The molecule has 0 aromatic rings. The van der Waals surface area contributed by atoms with Crippen LogP contribution in [0.1, 0.15) is 0 Å². The van der Waals surface area contributed by atoms with Crippen molar-refractivity contribution in [1.29, 1.82) is 0 Å². The van der Waals surface area contributed by atoms with Gasteiger partial charge in [0.15, 0.2) is 0 Å². The number of carbonyl (C=O) groups excluding carboxylic acids is 2. The van der Waals surface area contributed by atoms with E-state index in [4.69, 9.17) is 0 Å². The molecular weight excluding hydrogens is 140 g/mol. The second-order valence-electron chi connectivity index (χ2n) is 1.19. The van der Waals surface area contributed by atoms with Gasteiger partial charge in [-0.1, -0.05) is 0 Å². The summed E-state index contributed by atoms with van der Waals surface area (Å²) in [6.07, 6.45) is 1.13. The van der Waals surface area contributed by atoms with Crippen molar-refractivity contribution in [2.75, 3.05) is 0 Å². The van der Waals surface area contributed by atoms with Crippen LogP contribution in [0.5, 0.6) is 0 Å². The van der Waals surface area contributed by atoms with Gasteiger partial charge in [0.2, 0.25) is 0 Å². The molecule has 0 aromatic heterocycles. The van der Waals surface area contributed by atoms with Gasteiger partial charge in [-0.15, -0.1) is 9.81 Å². The summed E-state index contributed by atoms with van der Waals surface area (Å²) in [6.45, 7) is 0. The molecule has 10 heavy (non-hydrogen) atoms. The summed E-state index contributed by atoms with van der Waals surface area (Å²) >= 11 is 0. The molecule has 0 aliphatic carbocycles. The summed E-state index contributed by atoms with van der Waals surface area (Å²) in [4.78, 5) is 38.6. The molecule has 0 unspecified atom stereocenters. The van der Waals surface area contributed by atoms with Crippen molar-refractivity contribution in [2.24, 2.45) is 10.4 Å². The number of nitroso groups, excluding NO2 is 2. The van der Waals surface area contributed by atoms with Crippen molar-refractivity contribution in [3.05, 3.63) is 22.0 Å². The van der Waals surface area contributed by atoms with Gasteiger partial charge in [-0.3, -0.25) is 9.59 Å². The molecule has 0 heterocycles. The van der Waals surface area contributed by atoms with Crippen LogP contribution in [-0.2, 0) is 9.59 Å². The standard InChI is InChI=1S/C4H2N2O4/c7-3(5-9)1-2-4(8)6-10/h1-2H/b2-1+. The van der Waals surface area contributed by atoms with Crippen molar-refractivity contribution in [3.8, 4) is 0 Å². The molecule has 2 amide bonds. The first-order chi connectivity index (χ1) is 4.70. The Kier molecular flexibility index (Phi) is 3.47. The van der Waals surface area contributed by atoms with Gasteiger partial charge < -0.3 is 0 Å². The predicted octanol–water partition coefficient (Wildman–Crippen LogP) is 0.129. The maximum absolute atomic E-state index is 9.97. The van der Waals surface area contributed by atoms with Crippen LogP contribution in [0.15, 0.2) is 22.5 Å². The van der Waals surface area contributed by atoms with E-state index in [0.29, 0.717) is 12.2 Å². The highest BCUT2D eigenvalue weighted by atomic mass is 16.3. The van der Waals surface area contributed by atoms with Crippen molar-refractivity contribution < 1.29 is 9.59 Å². The van der Waals surface area contributed by atoms with E-state index < -0.39 is 11.8 Å². The third kappa shape index (κ3) is 3.30. The summed E-state index contributed by atoms with van der Waals surface area (Å²) in [5.41, 5.74) is 0. The molecule has 0 aromatic carbocycles. The molecule has 6 nitrogen and oxygen atoms in total. The lowest BCUT2D eigenvalue weighted by atomic mass is 10.5. The van der Waals surface area contributed by atoms with Gasteiger partial charge in [0.1, 0.15) is 0 Å². The highest BCUT2D eigenvalue weighted by Gasteiger charge is 1.95. The van der Waals surface area contributed by atoms with Gasteiger partial charge in [0, 0.05) is 22.5 Å². The Morgan fingerprint density at radius 1 is 0.900 bits per heavy atom. The predicted molar refractivity (Wildman–Crippen MR) is 30.7 cm³/mol. The largest absolute Gasteiger partial charge is 0.309 e. The molecule has 0 fully saturated rings. The number of nitrogens with zero attached hydrogens (tertiary/aromatic N) is 2. The first-order valence-electron chi connectivity index (χ1n) is 2.13. The van der Waals surface area contributed by atoms with Crippen LogP contribution < -0.4 is 0 Å². The number of rotatable bonds is 2. The maximum Gasteiger partial charge on any atom is 0.309 e. The Balaban J connectivity index is 3.98. The molecular formula is C4H2N2O4. The Hall–Kier alpha value is -1.72. The van der Waals surface area contributed by atoms with E-state index in [2.05, 4.69) is 0 Å². The van der Waals surface area contributed by atoms with Gasteiger partial charge >= 0.3 is 11.8 Å². The minimum Gasteiger partial charge on any atom is -0.264 e. The highest BCUT2D eigenvalue weighted by molar-refractivity contribution is 5.97. The molecule has 52 valence electrons. The lowest BCUT2D eigenvalue weighted by Gasteiger charge is -1.72. The third-order valence-electron chi connectivity index (χ3n) is 0.548. The minimum atomic E-state index is -1.13. The number of amides is 2. The van der Waals surface area contributed by atoms with E-state index in [1.54, 1.807) is 0 Å². The fourth-order valence-corrected chi connectivity index (χ4v) is 0.203. The van der Waals surface area contributed by atoms with Crippen molar-refractivity contribution >= 4 is 11.8 Å². The number of hydrogen-bond acceptors (Lipinski definition) is 4. The quantitative estimate of drug-likeness (QED) is 0.404. The molecule has 0 aliphatic rings.